The summed E-state index contributed by atoms with van der Waals surface area (Å²) in [5, 5.41) is 15.1. The van der Waals surface area contributed by atoms with E-state index < -0.39 is 0 Å². The van der Waals surface area contributed by atoms with Crippen LogP contribution in [0.25, 0.3) is 10.2 Å². The maximum Gasteiger partial charge on any atom is 0.287 e. The minimum atomic E-state index is -0.324. The highest BCUT2D eigenvalue weighted by Crippen LogP contribution is 2.28. The first kappa shape index (κ1) is 21.1. The number of fused-ring (bicyclic) bond motifs is 1. The Balaban J connectivity index is 1.34. The molecule has 4 aromatic rings. The number of nitrogens with one attached hydrogen (secondary N) is 2. The molecule has 0 aliphatic carbocycles. The highest BCUT2D eigenvalue weighted by Gasteiger charge is 2.16. The quantitative estimate of drug-likeness (QED) is 0.390. The molecule has 0 saturated carbocycles. The van der Waals surface area contributed by atoms with Crippen molar-refractivity contribution in [2.75, 3.05) is 11.1 Å². The Hall–Kier alpha value is -3.18. The maximum absolute atomic E-state index is 12.4. The van der Waals surface area contributed by atoms with E-state index in [1.165, 1.54) is 29.4 Å². The van der Waals surface area contributed by atoms with Crippen molar-refractivity contribution < 1.29 is 14.0 Å². The third kappa shape index (κ3) is 4.78. The van der Waals surface area contributed by atoms with Gasteiger partial charge in [0.25, 0.3) is 5.91 Å². The van der Waals surface area contributed by atoms with Gasteiger partial charge >= 0.3 is 0 Å². The smallest absolute Gasteiger partial charge is 0.287 e. The zero-order valence-electron chi connectivity index (χ0n) is 16.9. The van der Waals surface area contributed by atoms with E-state index in [4.69, 9.17) is 4.42 Å². The first-order valence-electron chi connectivity index (χ1n) is 9.57. The van der Waals surface area contributed by atoms with Crippen LogP contribution in [-0.2, 0) is 17.9 Å². The fourth-order valence-electron chi connectivity index (χ4n) is 2.95. The van der Waals surface area contributed by atoms with Gasteiger partial charge in [-0.05, 0) is 37.6 Å². The molecule has 0 unspecified atom stereocenters. The largest absolute Gasteiger partial charge is 0.459 e. The average molecular weight is 457 g/mol. The van der Waals surface area contributed by atoms with Gasteiger partial charge in [0.15, 0.2) is 21.9 Å². The highest BCUT2D eigenvalue weighted by molar-refractivity contribution is 7.99. The summed E-state index contributed by atoms with van der Waals surface area (Å²) in [5.41, 5.74) is 1.98. The van der Waals surface area contributed by atoms with Gasteiger partial charge in [-0.25, -0.2) is 4.98 Å². The van der Waals surface area contributed by atoms with E-state index in [1.807, 2.05) is 36.6 Å². The van der Waals surface area contributed by atoms with Crippen molar-refractivity contribution in [2.45, 2.75) is 32.1 Å². The van der Waals surface area contributed by atoms with Crippen LogP contribution in [0.5, 0.6) is 0 Å². The zero-order chi connectivity index (χ0) is 21.8. The molecule has 11 heteroatoms. The molecule has 0 fully saturated rings. The molecule has 160 valence electrons. The third-order valence-electron chi connectivity index (χ3n) is 4.46. The van der Waals surface area contributed by atoms with Crippen LogP contribution in [0, 0.1) is 6.92 Å². The topological polar surface area (TPSA) is 115 Å². The molecule has 0 aliphatic rings. The lowest BCUT2D eigenvalue weighted by atomic mass is 10.2. The van der Waals surface area contributed by atoms with Crippen LogP contribution in [-0.4, -0.2) is 37.3 Å². The Morgan fingerprint density at radius 3 is 2.84 bits per heavy atom. The van der Waals surface area contributed by atoms with Crippen LogP contribution in [0.2, 0.25) is 0 Å². The Bertz CT molecular complexity index is 1220. The van der Waals surface area contributed by atoms with Crippen molar-refractivity contribution in [3.8, 4) is 0 Å². The van der Waals surface area contributed by atoms with Crippen molar-refractivity contribution >= 4 is 50.3 Å². The van der Waals surface area contributed by atoms with Crippen LogP contribution in [0.1, 0.15) is 28.9 Å². The second kappa shape index (κ2) is 9.31. The molecule has 3 heterocycles. The molecule has 2 amide bonds. The number of nitrogens with zero attached hydrogens (tertiary/aromatic N) is 4. The van der Waals surface area contributed by atoms with E-state index in [0.29, 0.717) is 22.7 Å². The van der Waals surface area contributed by atoms with Crippen LogP contribution < -0.4 is 10.6 Å². The summed E-state index contributed by atoms with van der Waals surface area (Å²) in [4.78, 5) is 28.9. The maximum atomic E-state index is 12.4. The van der Waals surface area contributed by atoms with Crippen LogP contribution in [0.3, 0.4) is 0 Å². The molecule has 0 spiro atoms. The minimum Gasteiger partial charge on any atom is -0.459 e. The van der Waals surface area contributed by atoms with Crippen molar-refractivity contribution in [1.29, 1.82) is 0 Å². The number of hydrogen-bond donors (Lipinski definition) is 2. The third-order valence-corrected chi connectivity index (χ3v) is 6.36. The van der Waals surface area contributed by atoms with Crippen LogP contribution >= 0.6 is 23.1 Å². The first-order chi connectivity index (χ1) is 15.0. The number of rotatable bonds is 8. The number of benzene rings is 1. The van der Waals surface area contributed by atoms with E-state index in [1.54, 1.807) is 12.1 Å². The Morgan fingerprint density at radius 2 is 2.10 bits per heavy atom. The number of amides is 2. The normalized spacial score (nSPS) is 11.0. The number of anilines is 1. The van der Waals surface area contributed by atoms with Gasteiger partial charge in [-0.15, -0.1) is 10.2 Å². The number of aryl methyl sites for hydroxylation is 1. The second-order valence-electron chi connectivity index (χ2n) is 6.58. The van der Waals surface area contributed by atoms with Gasteiger partial charge < -0.3 is 19.6 Å². The molecule has 0 bridgehead atoms. The summed E-state index contributed by atoms with van der Waals surface area (Å²) < 4.78 is 7.98. The monoisotopic (exact) mass is 456 g/mol. The minimum absolute atomic E-state index is 0.167. The van der Waals surface area contributed by atoms with Gasteiger partial charge in [-0.1, -0.05) is 35.2 Å². The van der Waals surface area contributed by atoms with E-state index in [0.717, 1.165) is 15.8 Å². The Kier molecular flexibility index (Phi) is 6.33. The van der Waals surface area contributed by atoms with Gasteiger partial charge in [0, 0.05) is 6.54 Å². The first-order valence-corrected chi connectivity index (χ1v) is 11.4. The lowest BCUT2D eigenvalue weighted by Gasteiger charge is -2.07. The number of carbonyl (C=O) groups is 2. The molecule has 0 atom stereocenters. The lowest BCUT2D eigenvalue weighted by Crippen LogP contribution is -2.24. The van der Waals surface area contributed by atoms with Crippen LogP contribution in [0.4, 0.5) is 5.13 Å². The Labute approximate surface area is 186 Å². The van der Waals surface area contributed by atoms with Gasteiger partial charge in [0.2, 0.25) is 5.91 Å². The van der Waals surface area contributed by atoms with Crippen molar-refractivity contribution in [2.24, 2.45) is 0 Å². The molecular formula is C20H20N6O3S2. The molecule has 0 aliphatic heterocycles. The molecule has 9 nitrogen and oxygen atoms in total. The van der Waals surface area contributed by atoms with Crippen LogP contribution in [0.15, 0.2) is 46.2 Å². The molecule has 2 N–H and O–H groups in total. The molecule has 1 aromatic carbocycles. The number of carbonyl (C=O) groups excluding carboxylic acids is 2. The zero-order valence-corrected chi connectivity index (χ0v) is 18.5. The lowest BCUT2D eigenvalue weighted by molar-refractivity contribution is -0.113. The number of para-hydroxylation sites is 1. The number of thiazole rings is 1. The van der Waals surface area contributed by atoms with Crippen molar-refractivity contribution in [3.05, 3.63) is 53.7 Å². The predicted octanol–water partition coefficient (Wildman–Crippen LogP) is 3.47. The molecular weight excluding hydrogens is 436 g/mol. The second-order valence-corrected chi connectivity index (χ2v) is 8.55. The highest BCUT2D eigenvalue weighted by atomic mass is 32.2. The van der Waals surface area contributed by atoms with Crippen molar-refractivity contribution in [3.63, 3.8) is 0 Å². The molecule has 0 saturated heterocycles. The molecule has 4 rings (SSSR count). The van der Waals surface area contributed by atoms with Gasteiger partial charge in [0.1, 0.15) is 0 Å². The van der Waals surface area contributed by atoms with E-state index in [2.05, 4.69) is 25.8 Å². The van der Waals surface area contributed by atoms with E-state index in [-0.39, 0.29) is 29.9 Å². The van der Waals surface area contributed by atoms with Gasteiger partial charge in [-0.2, -0.15) is 0 Å². The molecule has 31 heavy (non-hydrogen) atoms. The summed E-state index contributed by atoms with van der Waals surface area (Å²) in [6.07, 6.45) is 1.44. The molecule has 0 radical (unpaired) electrons. The number of hydrogen-bond acceptors (Lipinski definition) is 8. The van der Waals surface area contributed by atoms with E-state index >= 15 is 0 Å². The SMILES string of the molecule is CCn1c(CNC(=O)c2ccco2)nnc1SCC(=O)Nc1nc2c(C)cccc2s1. The summed E-state index contributed by atoms with van der Waals surface area (Å²) in [7, 11) is 0. The number of thioether (sulfide) groups is 1. The average Bonchev–Trinajstić information content (AvgIpc) is 3.50. The standard InChI is InChI=1S/C20H20N6O3S2/c1-3-26-15(10-21-18(28)13-7-5-9-29-13)24-25-20(26)30-11-16(27)22-19-23-17-12(2)6-4-8-14(17)31-19/h4-9H,3,10-11H2,1-2H3,(H,21,28)(H,22,23,27). The van der Waals surface area contributed by atoms with Gasteiger partial charge in [-0.3, -0.25) is 9.59 Å². The summed E-state index contributed by atoms with van der Waals surface area (Å²) in [5.74, 6) is 0.521. The fourth-order valence-corrected chi connectivity index (χ4v) is 4.73. The van der Waals surface area contributed by atoms with Gasteiger partial charge in [0.05, 0.1) is 28.8 Å². The summed E-state index contributed by atoms with van der Waals surface area (Å²) in [6.45, 7) is 4.77. The summed E-state index contributed by atoms with van der Waals surface area (Å²) >= 11 is 2.73. The predicted molar refractivity (Wildman–Crippen MR) is 119 cm³/mol. The Morgan fingerprint density at radius 1 is 1.23 bits per heavy atom. The molecule has 3 aromatic heterocycles. The fraction of sp³-hybridized carbons (Fsp3) is 0.250. The number of furan rings is 1. The van der Waals surface area contributed by atoms with E-state index in [9.17, 15) is 9.59 Å². The number of aromatic nitrogens is 4. The van der Waals surface area contributed by atoms with Crippen molar-refractivity contribution in [1.82, 2.24) is 25.1 Å². The summed E-state index contributed by atoms with van der Waals surface area (Å²) in [6, 6.07) is 9.20.